The molecule has 5 heavy (non-hydrogen) atoms. The van der Waals surface area contributed by atoms with E-state index in [4.69, 9.17) is 0 Å². The molecule has 0 saturated heterocycles. The van der Waals surface area contributed by atoms with Crippen LogP contribution in [0.3, 0.4) is 0 Å². The second-order valence-corrected chi connectivity index (χ2v) is 1.21. The van der Waals surface area contributed by atoms with Crippen LogP contribution in [0.5, 0.6) is 0 Å². The molecule has 0 unspecified atom stereocenters. The van der Waals surface area contributed by atoms with E-state index < -0.39 is 0 Å². The molecule has 0 heterocycles. The van der Waals surface area contributed by atoms with Crippen molar-refractivity contribution >= 4 is 0 Å². The van der Waals surface area contributed by atoms with Gasteiger partial charge in [0.25, 0.3) is 0 Å². The fourth-order valence-electron chi connectivity index (χ4n) is 0. The van der Waals surface area contributed by atoms with Crippen LogP contribution >= 0.6 is 0 Å². The zero-order valence-corrected chi connectivity index (χ0v) is 4.27. The molecule has 32 valence electrons. The maximum Gasteiger partial charge on any atom is 0 e. The SMILES string of the molecule is C=C(C)C.[Ar]. The van der Waals surface area contributed by atoms with Gasteiger partial charge in [-0.3, -0.25) is 0 Å². The van der Waals surface area contributed by atoms with Crippen LogP contribution in [0, 0.1) is 37.7 Å². The van der Waals surface area contributed by atoms with Gasteiger partial charge in [-0.2, -0.15) is 0 Å². The summed E-state index contributed by atoms with van der Waals surface area (Å²) in [7, 11) is 0. The largest absolute Gasteiger partial charge is 0.100 e. The molecule has 0 aromatic rings. The van der Waals surface area contributed by atoms with Crippen LogP contribution in [0.4, 0.5) is 0 Å². The molecule has 0 radical (unpaired) electrons. The molecular weight excluding hydrogens is 88.0 g/mol. The standard InChI is InChI=1S/C4H8.Ar/c1-4(2)3;/h1H2,2-3H3;. The van der Waals surface area contributed by atoms with E-state index in [2.05, 4.69) is 6.58 Å². The van der Waals surface area contributed by atoms with Gasteiger partial charge in [0.2, 0.25) is 0 Å². The number of allylic oxidation sites excluding steroid dienone is 1. The molecule has 0 rings (SSSR count). The van der Waals surface area contributed by atoms with Crippen molar-refractivity contribution < 1.29 is 37.7 Å². The average molecular weight is 96.1 g/mol. The van der Waals surface area contributed by atoms with E-state index in [-0.39, 0.29) is 37.7 Å². The van der Waals surface area contributed by atoms with Gasteiger partial charge in [-0.1, -0.05) is 5.57 Å². The van der Waals surface area contributed by atoms with Crippen molar-refractivity contribution in [2.75, 3.05) is 0 Å². The molecule has 0 nitrogen and oxygen atoms in total. The maximum atomic E-state index is 3.56. The first kappa shape index (κ1) is 9.37. The minimum absolute atomic E-state index is 0. The summed E-state index contributed by atoms with van der Waals surface area (Å²) in [5.74, 6) is 0. The molecule has 0 atom stereocenters. The molecule has 0 aromatic heterocycles. The normalized spacial score (nSPS) is 5.20. The summed E-state index contributed by atoms with van der Waals surface area (Å²) in [6.45, 7) is 7.50. The fourth-order valence-corrected chi connectivity index (χ4v) is 0. The first-order chi connectivity index (χ1) is 1.73. The summed E-state index contributed by atoms with van der Waals surface area (Å²) in [4.78, 5) is 0. The fraction of sp³-hybridized carbons (Fsp3) is 0.500. The third-order valence-electron chi connectivity index (χ3n) is 0. The zero-order valence-electron chi connectivity index (χ0n) is 3.56. The second kappa shape index (κ2) is 5.00. The van der Waals surface area contributed by atoms with Crippen molar-refractivity contribution in [3.05, 3.63) is 12.2 Å². The Morgan fingerprint density at radius 1 is 1.40 bits per heavy atom. The molecule has 0 aromatic carbocycles. The zero-order chi connectivity index (χ0) is 3.58. The summed E-state index contributed by atoms with van der Waals surface area (Å²) in [6, 6.07) is 0. The van der Waals surface area contributed by atoms with Gasteiger partial charge in [0.05, 0.1) is 0 Å². The van der Waals surface area contributed by atoms with Crippen molar-refractivity contribution in [1.29, 1.82) is 0 Å². The first-order valence-electron chi connectivity index (χ1n) is 1.35. The first-order valence-corrected chi connectivity index (χ1v) is 1.35. The summed E-state index contributed by atoms with van der Waals surface area (Å²) < 4.78 is 0. The van der Waals surface area contributed by atoms with Crippen LogP contribution in [0.2, 0.25) is 0 Å². The minimum Gasteiger partial charge on any atom is -0.100 e. The van der Waals surface area contributed by atoms with E-state index in [0.717, 1.165) is 0 Å². The van der Waals surface area contributed by atoms with Crippen LogP contribution in [0.1, 0.15) is 13.8 Å². The van der Waals surface area contributed by atoms with Crippen molar-refractivity contribution in [2.45, 2.75) is 13.8 Å². The second-order valence-electron chi connectivity index (χ2n) is 1.21. The Kier molecular flexibility index (Phi) is 9.37. The Balaban J connectivity index is 0. The Labute approximate surface area is 63.3 Å². The van der Waals surface area contributed by atoms with E-state index in [1.807, 2.05) is 13.8 Å². The van der Waals surface area contributed by atoms with Gasteiger partial charge in [0.15, 0.2) is 0 Å². The van der Waals surface area contributed by atoms with Crippen LogP contribution in [0.25, 0.3) is 0 Å². The molecule has 0 bridgehead atoms. The van der Waals surface area contributed by atoms with Gasteiger partial charge in [0.1, 0.15) is 0 Å². The van der Waals surface area contributed by atoms with Gasteiger partial charge in [-0.05, 0) is 13.8 Å². The van der Waals surface area contributed by atoms with E-state index in [1.54, 1.807) is 0 Å². The minimum atomic E-state index is 0. The van der Waals surface area contributed by atoms with Crippen LogP contribution < -0.4 is 0 Å². The molecule has 0 aliphatic rings. The number of rotatable bonds is 0. The van der Waals surface area contributed by atoms with Crippen molar-refractivity contribution in [3.8, 4) is 0 Å². The molecule has 0 aliphatic heterocycles. The number of hydrogen-bond donors (Lipinski definition) is 0. The Hall–Kier alpha value is 1.000. The molecule has 0 fully saturated rings. The summed E-state index contributed by atoms with van der Waals surface area (Å²) in [6.07, 6.45) is 0. The van der Waals surface area contributed by atoms with Crippen molar-refractivity contribution in [1.82, 2.24) is 0 Å². The smallest absolute Gasteiger partial charge is 0 e. The predicted molar refractivity (Wildman–Crippen MR) is 20.5 cm³/mol. The maximum absolute atomic E-state index is 3.56. The van der Waals surface area contributed by atoms with Gasteiger partial charge in [-0.15, -0.1) is 6.58 Å². The summed E-state index contributed by atoms with van der Waals surface area (Å²) >= 11 is 0. The molecule has 0 amide bonds. The van der Waals surface area contributed by atoms with E-state index >= 15 is 0 Å². The molecule has 1 heteroatoms. The van der Waals surface area contributed by atoms with Crippen LogP contribution in [-0.4, -0.2) is 0 Å². The van der Waals surface area contributed by atoms with Crippen molar-refractivity contribution in [3.63, 3.8) is 0 Å². The molecule has 0 spiro atoms. The van der Waals surface area contributed by atoms with E-state index in [0.29, 0.717) is 0 Å². The Bertz CT molecular complexity index is 26.6. The van der Waals surface area contributed by atoms with E-state index in [9.17, 15) is 0 Å². The molecule has 0 saturated carbocycles. The quantitative estimate of drug-likeness (QED) is 0.401. The van der Waals surface area contributed by atoms with Gasteiger partial charge in [0, 0.05) is 37.7 Å². The Morgan fingerprint density at radius 2 is 1.40 bits per heavy atom. The monoisotopic (exact) mass is 96.0 g/mol. The summed E-state index contributed by atoms with van der Waals surface area (Å²) in [5.41, 5.74) is 1.17. The third kappa shape index (κ3) is 45.0. The van der Waals surface area contributed by atoms with E-state index in [1.165, 1.54) is 5.57 Å². The van der Waals surface area contributed by atoms with Gasteiger partial charge in [-0.25, -0.2) is 0 Å². The number of hydrogen-bond acceptors (Lipinski definition) is 0. The molecule has 0 aliphatic carbocycles. The predicted octanol–water partition coefficient (Wildman–Crippen LogP) is 1.58. The molecular formula is C4H8Ar. The topological polar surface area (TPSA) is 0 Å². The summed E-state index contributed by atoms with van der Waals surface area (Å²) in [5, 5.41) is 0. The average Bonchev–Trinajstić information content (AvgIpc) is 0.811. The Morgan fingerprint density at radius 3 is 1.40 bits per heavy atom. The van der Waals surface area contributed by atoms with Crippen LogP contribution in [-0.2, 0) is 0 Å². The van der Waals surface area contributed by atoms with Crippen molar-refractivity contribution in [2.24, 2.45) is 0 Å². The molecule has 0 N–H and O–H groups in total. The van der Waals surface area contributed by atoms with Gasteiger partial charge >= 0.3 is 0 Å². The van der Waals surface area contributed by atoms with Gasteiger partial charge < -0.3 is 0 Å². The van der Waals surface area contributed by atoms with Crippen LogP contribution in [0.15, 0.2) is 12.2 Å². The third-order valence-corrected chi connectivity index (χ3v) is 0.